The van der Waals surface area contributed by atoms with Gasteiger partial charge in [-0.05, 0) is 55.3 Å². The number of ether oxygens (including phenoxy) is 1. The van der Waals surface area contributed by atoms with Crippen LogP contribution in [0.25, 0.3) is 33.4 Å². The van der Waals surface area contributed by atoms with Crippen LogP contribution in [-0.4, -0.2) is 56.3 Å². The van der Waals surface area contributed by atoms with Crippen LogP contribution in [-0.2, 0) is 16.1 Å². The smallest absolute Gasteiger partial charge is 0.135 e. The number of fused-ring (bicyclic) bond motifs is 1. The zero-order valence-electron chi connectivity index (χ0n) is 18.6. The van der Waals surface area contributed by atoms with E-state index in [0.29, 0.717) is 13.2 Å². The van der Waals surface area contributed by atoms with Crippen LogP contribution < -0.4 is 9.62 Å². The van der Waals surface area contributed by atoms with Crippen molar-refractivity contribution in [2.45, 2.75) is 19.1 Å². The summed E-state index contributed by atoms with van der Waals surface area (Å²) in [5.74, 6) is 0.901. The summed E-state index contributed by atoms with van der Waals surface area (Å²) < 4.78 is 20.8. The summed E-state index contributed by atoms with van der Waals surface area (Å²) in [5, 5.41) is 8.16. The fraction of sp³-hybridized carbons (Fsp3) is 0.292. The molecule has 0 bridgehead atoms. The molecule has 1 unspecified atom stereocenters. The molecule has 33 heavy (non-hydrogen) atoms. The molecule has 4 aromatic rings. The average Bonchev–Trinajstić information content (AvgIpc) is 3.39. The zero-order chi connectivity index (χ0) is 22.8. The Hall–Kier alpha value is -3.14. The molecule has 0 saturated carbocycles. The highest BCUT2D eigenvalue weighted by Crippen LogP contribution is 2.35. The Morgan fingerprint density at radius 3 is 2.58 bits per heavy atom. The Morgan fingerprint density at radius 2 is 1.88 bits per heavy atom. The third-order valence-electron chi connectivity index (χ3n) is 5.65. The quantitative estimate of drug-likeness (QED) is 0.418. The lowest BCUT2D eigenvalue weighted by Crippen LogP contribution is -2.36. The van der Waals surface area contributed by atoms with Crippen LogP contribution in [0.5, 0.6) is 0 Å². The van der Waals surface area contributed by atoms with Gasteiger partial charge in [0.05, 0.1) is 36.0 Å². The van der Waals surface area contributed by atoms with E-state index >= 15 is 0 Å². The second-order valence-electron chi connectivity index (χ2n) is 8.18. The molecule has 3 aromatic heterocycles. The highest BCUT2D eigenvalue weighted by molar-refractivity contribution is 7.93. The highest BCUT2D eigenvalue weighted by atomic mass is 32.2. The van der Waals surface area contributed by atoms with Crippen LogP contribution in [0.15, 0.2) is 54.9 Å². The maximum atomic E-state index is 12.2. The van der Waals surface area contributed by atoms with E-state index in [1.54, 1.807) is 12.4 Å². The lowest BCUT2D eigenvalue weighted by molar-refractivity contribution is 0.122. The van der Waals surface area contributed by atoms with E-state index in [2.05, 4.69) is 30.9 Å². The summed E-state index contributed by atoms with van der Waals surface area (Å²) in [6.07, 6.45) is 3.52. The fourth-order valence-electron chi connectivity index (χ4n) is 3.87. The molecule has 4 heterocycles. The molecule has 1 aromatic carbocycles. The number of hydrogen-bond acceptors (Lipinski definition) is 7. The molecule has 1 aliphatic heterocycles. The predicted molar refractivity (Wildman–Crippen MR) is 132 cm³/mol. The summed E-state index contributed by atoms with van der Waals surface area (Å²) in [6.45, 7) is 6.81. The number of pyridine rings is 2. The number of aromatic amines is 1. The number of nitrogens with zero attached hydrogens (tertiary/aromatic N) is 4. The molecule has 2 N–H and O–H groups in total. The topological polar surface area (TPSA) is 102 Å². The first-order valence-electron chi connectivity index (χ1n) is 11.0. The molecule has 170 valence electrons. The largest absolute Gasteiger partial charge is 0.593 e. The van der Waals surface area contributed by atoms with Gasteiger partial charge in [-0.1, -0.05) is 12.1 Å². The van der Waals surface area contributed by atoms with Gasteiger partial charge in [0.1, 0.15) is 22.3 Å². The van der Waals surface area contributed by atoms with Gasteiger partial charge in [-0.3, -0.25) is 10.1 Å². The van der Waals surface area contributed by atoms with E-state index in [1.807, 2.05) is 50.2 Å². The Morgan fingerprint density at radius 1 is 1.09 bits per heavy atom. The van der Waals surface area contributed by atoms with Crippen LogP contribution in [0.2, 0.25) is 0 Å². The Bertz CT molecular complexity index is 1220. The maximum absolute atomic E-state index is 12.2. The van der Waals surface area contributed by atoms with Crippen LogP contribution in [0.4, 0.5) is 11.5 Å². The first-order valence-corrected chi connectivity index (χ1v) is 12.2. The Kier molecular flexibility index (Phi) is 6.17. The first-order chi connectivity index (χ1) is 16.1. The second kappa shape index (κ2) is 9.38. The second-order valence-corrected chi connectivity index (χ2v) is 9.92. The SMILES string of the molecule is CC(C)[S+]([O-])Nc1ccc(-c2cc(N3CCOCC3)nc3c(-c4ccn[nH]4)nccc23)cc1. The summed E-state index contributed by atoms with van der Waals surface area (Å²) >= 11 is -1.12. The van der Waals surface area contributed by atoms with Gasteiger partial charge >= 0.3 is 0 Å². The van der Waals surface area contributed by atoms with E-state index in [0.717, 1.165) is 58.0 Å². The molecule has 1 fully saturated rings. The average molecular weight is 463 g/mol. The molecule has 9 heteroatoms. The van der Waals surface area contributed by atoms with Gasteiger partial charge < -0.3 is 14.2 Å². The zero-order valence-corrected chi connectivity index (χ0v) is 19.4. The number of H-pyrrole nitrogens is 1. The first kappa shape index (κ1) is 21.7. The van der Waals surface area contributed by atoms with Crippen molar-refractivity contribution in [2.24, 2.45) is 0 Å². The van der Waals surface area contributed by atoms with Gasteiger partial charge in [-0.25, -0.2) is 9.71 Å². The number of morpholine rings is 1. The summed E-state index contributed by atoms with van der Waals surface area (Å²) in [7, 11) is 0. The number of rotatable bonds is 6. The molecular formula is C24H26N6O2S. The third kappa shape index (κ3) is 4.52. The number of nitrogens with one attached hydrogen (secondary N) is 2. The molecule has 1 aliphatic rings. The van der Waals surface area contributed by atoms with E-state index in [9.17, 15) is 4.55 Å². The molecule has 8 nitrogen and oxygen atoms in total. The Labute approximate surface area is 195 Å². The molecule has 0 aliphatic carbocycles. The van der Waals surface area contributed by atoms with Gasteiger partial charge in [-0.15, -0.1) is 0 Å². The fourth-order valence-corrected chi connectivity index (χ4v) is 4.47. The minimum absolute atomic E-state index is 0.0401. The number of anilines is 2. The monoisotopic (exact) mass is 462 g/mol. The lowest BCUT2D eigenvalue weighted by Gasteiger charge is -2.28. The van der Waals surface area contributed by atoms with Gasteiger partial charge in [0, 0.05) is 30.9 Å². The summed E-state index contributed by atoms with van der Waals surface area (Å²) in [5.41, 5.74) is 5.38. The van der Waals surface area contributed by atoms with Crippen LogP contribution >= 0.6 is 0 Å². The Balaban J connectivity index is 1.62. The molecular weight excluding hydrogens is 436 g/mol. The van der Waals surface area contributed by atoms with Crippen molar-refractivity contribution < 1.29 is 9.29 Å². The van der Waals surface area contributed by atoms with Crippen molar-refractivity contribution in [1.29, 1.82) is 0 Å². The predicted octanol–water partition coefficient (Wildman–Crippen LogP) is 4.01. The molecule has 0 spiro atoms. The van der Waals surface area contributed by atoms with Gasteiger partial charge in [-0.2, -0.15) is 5.10 Å². The minimum Gasteiger partial charge on any atom is -0.593 e. The van der Waals surface area contributed by atoms with Gasteiger partial charge in [0.2, 0.25) is 0 Å². The highest BCUT2D eigenvalue weighted by Gasteiger charge is 2.19. The van der Waals surface area contributed by atoms with Crippen molar-refractivity contribution in [3.63, 3.8) is 0 Å². The number of benzene rings is 1. The minimum atomic E-state index is -1.12. The summed E-state index contributed by atoms with van der Waals surface area (Å²) in [4.78, 5) is 11.9. The summed E-state index contributed by atoms with van der Waals surface area (Å²) in [6, 6.07) is 14.1. The van der Waals surface area contributed by atoms with Crippen molar-refractivity contribution in [1.82, 2.24) is 20.2 Å². The van der Waals surface area contributed by atoms with Gasteiger partial charge in [0.15, 0.2) is 0 Å². The standard InChI is InChI=1S/C24H26N6O2S/c1-16(2)33(31)29-18-5-3-17(4-6-18)20-15-22(30-11-13-32-14-12-30)27-23-19(20)7-9-25-24(23)21-8-10-26-28-21/h3-10,15-16,29H,11-14H2,1-2H3,(H,26,28). The molecule has 1 atom stereocenters. The van der Waals surface area contributed by atoms with Crippen molar-refractivity contribution in [3.05, 3.63) is 54.9 Å². The third-order valence-corrected chi connectivity index (χ3v) is 6.94. The van der Waals surface area contributed by atoms with E-state index in [1.165, 1.54) is 0 Å². The van der Waals surface area contributed by atoms with Crippen molar-refractivity contribution in [3.8, 4) is 22.5 Å². The number of aromatic nitrogens is 4. The molecule has 0 amide bonds. The van der Waals surface area contributed by atoms with E-state index < -0.39 is 11.4 Å². The normalized spacial score (nSPS) is 15.2. The van der Waals surface area contributed by atoms with Crippen molar-refractivity contribution >= 4 is 33.8 Å². The van der Waals surface area contributed by atoms with Crippen LogP contribution in [0, 0.1) is 0 Å². The lowest BCUT2D eigenvalue weighted by atomic mass is 10.00. The molecule has 5 rings (SSSR count). The van der Waals surface area contributed by atoms with Crippen LogP contribution in [0.3, 0.4) is 0 Å². The molecule has 1 saturated heterocycles. The van der Waals surface area contributed by atoms with Crippen molar-refractivity contribution in [2.75, 3.05) is 35.9 Å². The van der Waals surface area contributed by atoms with Crippen LogP contribution in [0.1, 0.15) is 13.8 Å². The van der Waals surface area contributed by atoms with E-state index in [-0.39, 0.29) is 5.25 Å². The maximum Gasteiger partial charge on any atom is 0.135 e. The number of hydrogen-bond donors (Lipinski definition) is 2. The molecule has 0 radical (unpaired) electrons. The van der Waals surface area contributed by atoms with E-state index in [4.69, 9.17) is 9.72 Å². The van der Waals surface area contributed by atoms with Gasteiger partial charge in [0.25, 0.3) is 0 Å².